The molecule has 0 N–H and O–H groups in total. The molecule has 1 aromatic rings. The third-order valence-corrected chi connectivity index (χ3v) is 5.11. The molecule has 0 unspecified atom stereocenters. The van der Waals surface area contributed by atoms with Crippen LogP contribution in [0.15, 0.2) is 51.0 Å². The minimum absolute atomic E-state index is 0.0455. The van der Waals surface area contributed by atoms with Crippen molar-refractivity contribution in [3.63, 3.8) is 0 Å². The Hall–Kier alpha value is -1.46. The SMILES string of the molecule is O=C1CCN(c2ccccc2)C(=O)C1=C1SC=CS1. The molecule has 1 fully saturated rings. The van der Waals surface area contributed by atoms with E-state index in [1.807, 2.05) is 41.1 Å². The molecule has 3 rings (SSSR count). The van der Waals surface area contributed by atoms with Gasteiger partial charge in [0.25, 0.3) is 5.91 Å². The lowest BCUT2D eigenvalue weighted by molar-refractivity contribution is -0.123. The van der Waals surface area contributed by atoms with Gasteiger partial charge >= 0.3 is 0 Å². The lowest BCUT2D eigenvalue weighted by atomic mass is 10.0. The van der Waals surface area contributed by atoms with Crippen molar-refractivity contribution in [2.24, 2.45) is 0 Å². The number of ketones is 1. The summed E-state index contributed by atoms with van der Waals surface area (Å²) in [4.78, 5) is 26.2. The van der Waals surface area contributed by atoms with Crippen LogP contribution in [0.3, 0.4) is 0 Å². The van der Waals surface area contributed by atoms with Crippen molar-refractivity contribution < 1.29 is 9.59 Å². The molecule has 1 aromatic carbocycles. The van der Waals surface area contributed by atoms with E-state index in [2.05, 4.69) is 0 Å². The zero-order valence-electron chi connectivity index (χ0n) is 10.0. The number of carbonyl (C=O) groups excluding carboxylic acids is 2. The normalized spacial score (nSPS) is 19.5. The largest absolute Gasteiger partial charge is 0.308 e. The van der Waals surface area contributed by atoms with Crippen molar-refractivity contribution >= 4 is 40.9 Å². The third-order valence-electron chi connectivity index (χ3n) is 2.98. The number of para-hydroxylation sites is 1. The molecule has 2 aliphatic rings. The zero-order chi connectivity index (χ0) is 13.2. The maximum Gasteiger partial charge on any atom is 0.263 e. The number of thioether (sulfide) groups is 2. The van der Waals surface area contributed by atoms with E-state index in [4.69, 9.17) is 0 Å². The van der Waals surface area contributed by atoms with E-state index in [1.165, 1.54) is 23.5 Å². The molecule has 19 heavy (non-hydrogen) atoms. The summed E-state index contributed by atoms with van der Waals surface area (Å²) in [5.41, 5.74) is 1.19. The number of hydrogen-bond donors (Lipinski definition) is 0. The molecule has 2 heterocycles. The van der Waals surface area contributed by atoms with Gasteiger partial charge in [-0.15, -0.1) is 0 Å². The standard InChI is InChI=1S/C14H11NO2S2/c16-11-6-7-15(10-4-2-1-3-5-10)13(17)12(11)14-18-8-9-19-14/h1-5,8-9H,6-7H2. The van der Waals surface area contributed by atoms with Crippen LogP contribution in [0.25, 0.3) is 0 Å². The Bertz CT molecular complexity index is 583. The number of hydrogen-bond acceptors (Lipinski definition) is 4. The van der Waals surface area contributed by atoms with Crippen LogP contribution in [-0.2, 0) is 9.59 Å². The van der Waals surface area contributed by atoms with E-state index in [0.29, 0.717) is 18.5 Å². The number of anilines is 1. The molecule has 1 saturated heterocycles. The maximum atomic E-state index is 12.5. The monoisotopic (exact) mass is 289 g/mol. The summed E-state index contributed by atoms with van der Waals surface area (Å²) in [5.74, 6) is -0.225. The number of carbonyl (C=O) groups is 2. The summed E-state index contributed by atoms with van der Waals surface area (Å²) in [6.45, 7) is 0.460. The molecule has 3 nitrogen and oxygen atoms in total. The lowest BCUT2D eigenvalue weighted by Gasteiger charge is -2.28. The van der Waals surface area contributed by atoms with E-state index in [9.17, 15) is 9.59 Å². The Labute approximate surface area is 119 Å². The Balaban J connectivity index is 1.96. The van der Waals surface area contributed by atoms with E-state index < -0.39 is 0 Å². The first kappa shape index (κ1) is 12.6. The summed E-state index contributed by atoms with van der Waals surface area (Å²) >= 11 is 2.89. The summed E-state index contributed by atoms with van der Waals surface area (Å²) in [6.07, 6.45) is 0.389. The first-order valence-electron chi connectivity index (χ1n) is 5.90. The predicted octanol–water partition coefficient (Wildman–Crippen LogP) is 3.16. The van der Waals surface area contributed by atoms with Crippen LogP contribution in [0, 0.1) is 0 Å². The van der Waals surface area contributed by atoms with Crippen molar-refractivity contribution in [1.29, 1.82) is 0 Å². The molecule has 1 amide bonds. The number of piperidine rings is 1. The molecule has 0 radical (unpaired) electrons. The highest BCUT2D eigenvalue weighted by Gasteiger charge is 2.33. The molecule has 0 saturated carbocycles. The van der Waals surface area contributed by atoms with E-state index >= 15 is 0 Å². The zero-order valence-corrected chi connectivity index (χ0v) is 11.7. The fourth-order valence-electron chi connectivity index (χ4n) is 2.07. The highest BCUT2D eigenvalue weighted by Crippen LogP contribution is 2.41. The van der Waals surface area contributed by atoms with Crippen molar-refractivity contribution in [2.75, 3.05) is 11.4 Å². The van der Waals surface area contributed by atoms with Crippen molar-refractivity contribution in [2.45, 2.75) is 6.42 Å². The molecule has 0 bridgehead atoms. The van der Waals surface area contributed by atoms with Crippen molar-refractivity contribution in [3.05, 3.63) is 51.0 Å². The second-order valence-electron chi connectivity index (χ2n) is 4.14. The average Bonchev–Trinajstić information content (AvgIpc) is 2.94. The number of Topliss-reactive ketones (excluding diaryl/α,β-unsaturated/α-hetero) is 1. The molecular formula is C14H11NO2S2. The third kappa shape index (κ3) is 2.35. The fourth-order valence-corrected chi connectivity index (χ4v) is 3.96. The van der Waals surface area contributed by atoms with Crippen molar-refractivity contribution in [3.8, 4) is 0 Å². The molecule has 96 valence electrons. The highest BCUT2D eigenvalue weighted by atomic mass is 32.2. The number of nitrogens with zero attached hydrogens (tertiary/aromatic N) is 1. The molecule has 0 spiro atoms. The van der Waals surface area contributed by atoms with Gasteiger partial charge in [0.15, 0.2) is 5.78 Å². The number of benzene rings is 1. The van der Waals surface area contributed by atoms with Crippen LogP contribution < -0.4 is 4.90 Å². The molecular weight excluding hydrogens is 278 g/mol. The van der Waals surface area contributed by atoms with E-state index in [0.717, 1.165) is 9.92 Å². The predicted molar refractivity (Wildman–Crippen MR) is 79.8 cm³/mol. The smallest absolute Gasteiger partial charge is 0.263 e. The second kappa shape index (κ2) is 5.27. The van der Waals surface area contributed by atoms with Gasteiger partial charge in [-0.2, -0.15) is 0 Å². The van der Waals surface area contributed by atoms with Gasteiger partial charge in [-0.25, -0.2) is 0 Å². The maximum absolute atomic E-state index is 12.5. The summed E-state index contributed by atoms with van der Waals surface area (Å²) in [5, 5.41) is 3.80. The average molecular weight is 289 g/mol. The molecule has 2 aliphatic heterocycles. The van der Waals surface area contributed by atoms with Gasteiger partial charge in [0, 0.05) is 18.7 Å². The van der Waals surface area contributed by atoms with Gasteiger partial charge in [0.05, 0.1) is 4.24 Å². The molecule has 0 aliphatic carbocycles. The molecule has 5 heteroatoms. The Kier molecular flexibility index (Phi) is 3.48. The molecule has 0 atom stereocenters. The number of amides is 1. The van der Waals surface area contributed by atoms with E-state index in [-0.39, 0.29) is 11.7 Å². The minimum Gasteiger partial charge on any atom is -0.308 e. The van der Waals surface area contributed by atoms with Crippen LogP contribution >= 0.6 is 23.5 Å². The Morgan fingerprint density at radius 1 is 1.00 bits per heavy atom. The summed E-state index contributed by atoms with van der Waals surface area (Å²) < 4.78 is 0.802. The van der Waals surface area contributed by atoms with Crippen LogP contribution in [-0.4, -0.2) is 18.2 Å². The Morgan fingerprint density at radius 2 is 1.68 bits per heavy atom. The second-order valence-corrected chi connectivity index (χ2v) is 6.23. The first-order valence-corrected chi connectivity index (χ1v) is 7.66. The van der Waals surface area contributed by atoms with Gasteiger partial charge in [0.2, 0.25) is 0 Å². The minimum atomic E-state index is -0.179. The fraction of sp³-hybridized carbons (Fsp3) is 0.143. The van der Waals surface area contributed by atoms with Crippen LogP contribution in [0.5, 0.6) is 0 Å². The number of rotatable bonds is 1. The van der Waals surface area contributed by atoms with Gasteiger partial charge in [-0.1, -0.05) is 41.7 Å². The topological polar surface area (TPSA) is 37.4 Å². The van der Waals surface area contributed by atoms with Gasteiger partial charge in [-0.05, 0) is 22.9 Å². The van der Waals surface area contributed by atoms with Gasteiger partial charge in [0.1, 0.15) is 5.57 Å². The van der Waals surface area contributed by atoms with Crippen LogP contribution in [0.2, 0.25) is 0 Å². The van der Waals surface area contributed by atoms with Gasteiger partial charge < -0.3 is 4.90 Å². The summed E-state index contributed by atoms with van der Waals surface area (Å²) in [7, 11) is 0. The van der Waals surface area contributed by atoms with Crippen LogP contribution in [0.1, 0.15) is 6.42 Å². The van der Waals surface area contributed by atoms with Crippen LogP contribution in [0.4, 0.5) is 5.69 Å². The first-order chi connectivity index (χ1) is 9.27. The van der Waals surface area contributed by atoms with E-state index in [1.54, 1.807) is 4.90 Å². The van der Waals surface area contributed by atoms with Gasteiger partial charge in [-0.3, -0.25) is 9.59 Å². The highest BCUT2D eigenvalue weighted by molar-refractivity contribution is 8.27. The molecule has 0 aromatic heterocycles. The van der Waals surface area contributed by atoms with Crippen molar-refractivity contribution in [1.82, 2.24) is 0 Å². The lowest BCUT2D eigenvalue weighted by Crippen LogP contribution is -2.41. The quantitative estimate of drug-likeness (QED) is 0.588. The Morgan fingerprint density at radius 3 is 2.37 bits per heavy atom. The summed E-state index contributed by atoms with van der Waals surface area (Å²) in [6, 6.07) is 9.49.